The van der Waals surface area contributed by atoms with E-state index in [9.17, 15) is 4.79 Å². The molecule has 2 aliphatic heterocycles. The van der Waals surface area contributed by atoms with Crippen LogP contribution in [0.1, 0.15) is 80.6 Å². The van der Waals surface area contributed by atoms with Gasteiger partial charge in [0.05, 0.1) is 40.3 Å². The number of aromatic nitrogens is 2. The lowest BCUT2D eigenvalue weighted by atomic mass is 9.80. The smallest absolute Gasteiger partial charge is 0.399 e. The Balaban J connectivity index is 0.000000272. The van der Waals surface area contributed by atoms with Crippen molar-refractivity contribution in [3.63, 3.8) is 0 Å². The largest absolute Gasteiger partial charge is 0.496 e. The molecule has 44 heavy (non-hydrogen) atoms. The van der Waals surface area contributed by atoms with Gasteiger partial charge in [-0.15, -0.1) is 0 Å². The summed E-state index contributed by atoms with van der Waals surface area (Å²) in [4.78, 5) is 32.2. The second-order valence-corrected chi connectivity index (χ2v) is 12.3. The van der Waals surface area contributed by atoms with Crippen molar-refractivity contribution in [1.29, 1.82) is 0 Å². The molecular formula is C30H48B2N6O6. The Bertz CT molecular complexity index is 1220. The minimum absolute atomic E-state index is 0.195. The van der Waals surface area contributed by atoms with Crippen molar-refractivity contribution in [1.82, 2.24) is 20.6 Å². The second kappa shape index (κ2) is 15.7. The molecule has 2 aromatic rings. The summed E-state index contributed by atoms with van der Waals surface area (Å²) in [5, 5.41) is 5.41. The molecule has 2 aromatic heterocycles. The average Bonchev–Trinajstić information content (AvgIpc) is 3.33. The van der Waals surface area contributed by atoms with E-state index in [1.807, 2.05) is 86.6 Å². The quantitative estimate of drug-likeness (QED) is 0.243. The molecule has 4 rings (SSSR count). The summed E-state index contributed by atoms with van der Waals surface area (Å²) in [5.74, 6) is 0. The van der Waals surface area contributed by atoms with Crippen LogP contribution < -0.4 is 27.3 Å². The molecule has 4 heterocycles. The van der Waals surface area contributed by atoms with E-state index >= 15 is 0 Å². The Kier molecular flexibility index (Phi) is 13.3. The molecule has 2 amide bonds. The van der Waals surface area contributed by atoms with Crippen molar-refractivity contribution in [2.24, 2.45) is 10.7 Å². The van der Waals surface area contributed by atoms with Crippen LogP contribution in [0.2, 0.25) is 0 Å². The third-order valence-corrected chi connectivity index (χ3v) is 7.95. The third kappa shape index (κ3) is 9.95. The summed E-state index contributed by atoms with van der Waals surface area (Å²) < 4.78 is 23.8. The van der Waals surface area contributed by atoms with Crippen LogP contribution in [0, 0.1) is 0 Å². The Morgan fingerprint density at radius 2 is 1.23 bits per heavy atom. The van der Waals surface area contributed by atoms with E-state index < -0.39 is 7.12 Å². The molecule has 0 aliphatic carbocycles. The van der Waals surface area contributed by atoms with Crippen LogP contribution in [-0.4, -0.2) is 71.8 Å². The summed E-state index contributed by atoms with van der Waals surface area (Å²) in [6.45, 7) is 21.9. The number of hydrogen-bond acceptors (Lipinski definition) is 10. The molecule has 0 bridgehead atoms. The summed E-state index contributed by atoms with van der Waals surface area (Å²) >= 11 is 0. The number of amides is 2. The number of hydrogen-bond donors (Lipinski definition) is 3. The van der Waals surface area contributed by atoms with E-state index in [0.29, 0.717) is 26.2 Å². The van der Waals surface area contributed by atoms with Gasteiger partial charge >= 0.3 is 20.3 Å². The van der Waals surface area contributed by atoms with Gasteiger partial charge in [-0.05, 0) is 81.4 Å². The van der Waals surface area contributed by atoms with Gasteiger partial charge < -0.3 is 35.0 Å². The van der Waals surface area contributed by atoms with Gasteiger partial charge in [-0.25, -0.2) is 14.6 Å². The molecule has 4 N–H and O–H groups in total. The Morgan fingerprint density at radius 1 is 0.795 bits per heavy atom. The standard InChI is InChI=1S/C15H24BN3O3.C12H19BN2O2.C3H5NO/c1-6-17-13(20)19-10-12-8-7-11(9-18-12)16-21-14(2,3)15(4,5)22-16;1-11(2)12(3,4)17-13(16-11)9-5-6-10(7-14)15-8-9;1-2-4-3-5/h7-9H,6,10H2,1-5H3,(H2,17,19,20);5-6,8H,7,14H2,1-4H3;2H2,1H3. The van der Waals surface area contributed by atoms with Crippen LogP contribution in [0.25, 0.3) is 0 Å². The molecule has 2 aliphatic rings. The molecule has 240 valence electrons. The topological polar surface area (TPSA) is 159 Å². The van der Waals surface area contributed by atoms with E-state index in [2.05, 4.69) is 25.6 Å². The lowest BCUT2D eigenvalue weighted by Crippen LogP contribution is -2.41. The van der Waals surface area contributed by atoms with Crippen LogP contribution >= 0.6 is 0 Å². The molecule has 0 saturated carbocycles. The van der Waals surface area contributed by atoms with Crippen LogP contribution in [0.15, 0.2) is 41.7 Å². The molecule has 0 aromatic carbocycles. The maximum atomic E-state index is 11.3. The fourth-order valence-corrected chi connectivity index (χ4v) is 3.79. The van der Waals surface area contributed by atoms with E-state index in [-0.39, 0.29) is 35.6 Å². The first-order valence-electron chi connectivity index (χ1n) is 14.9. The minimum Gasteiger partial charge on any atom is -0.399 e. The normalized spacial score (nSPS) is 18.6. The van der Waals surface area contributed by atoms with Crippen LogP contribution in [-0.2, 0) is 36.5 Å². The Morgan fingerprint density at radius 3 is 1.52 bits per heavy atom. The Labute approximate surface area is 262 Å². The van der Waals surface area contributed by atoms with Gasteiger partial charge in [0.1, 0.15) is 0 Å². The average molecular weight is 610 g/mol. The molecule has 12 nitrogen and oxygen atoms in total. The number of nitrogens with one attached hydrogen (secondary N) is 2. The number of carbonyl (C=O) groups is 1. The highest BCUT2D eigenvalue weighted by Crippen LogP contribution is 2.37. The van der Waals surface area contributed by atoms with Crippen molar-refractivity contribution in [2.45, 2.75) is 105 Å². The van der Waals surface area contributed by atoms with E-state index in [1.54, 1.807) is 19.3 Å². The molecule has 14 heteroatoms. The molecule has 0 unspecified atom stereocenters. The van der Waals surface area contributed by atoms with E-state index in [1.165, 1.54) is 6.08 Å². The first-order chi connectivity index (χ1) is 20.5. The van der Waals surface area contributed by atoms with Crippen molar-refractivity contribution >= 4 is 37.3 Å². The predicted octanol–water partition coefficient (Wildman–Crippen LogP) is 2.38. The highest BCUT2D eigenvalue weighted by molar-refractivity contribution is 6.62. The first-order valence-corrected chi connectivity index (χ1v) is 14.9. The van der Waals surface area contributed by atoms with E-state index in [4.69, 9.17) is 29.1 Å². The number of pyridine rings is 2. The molecular weight excluding hydrogens is 562 g/mol. The van der Waals surface area contributed by atoms with Crippen LogP contribution in [0.4, 0.5) is 4.79 Å². The third-order valence-electron chi connectivity index (χ3n) is 7.95. The summed E-state index contributed by atoms with van der Waals surface area (Å²) in [6, 6.07) is 7.45. The number of rotatable bonds is 7. The summed E-state index contributed by atoms with van der Waals surface area (Å²) in [7, 11) is -0.762. The Hall–Kier alpha value is -3.12. The number of carbonyl (C=O) groups excluding carboxylic acids is 2. The molecule has 0 radical (unpaired) electrons. The van der Waals surface area contributed by atoms with Crippen molar-refractivity contribution < 1.29 is 28.2 Å². The summed E-state index contributed by atoms with van der Waals surface area (Å²) in [6.07, 6.45) is 4.89. The minimum atomic E-state index is -0.414. The lowest BCUT2D eigenvalue weighted by Gasteiger charge is -2.32. The molecule has 0 spiro atoms. The number of aliphatic imine (C=N–C) groups is 1. The SMILES string of the molecule is CC1(C)OB(c2ccc(CN)nc2)OC1(C)C.CCN=C=O.CCNC(=O)NCc1ccc(B2OC(C)(C)C(C)(C)O2)cn1. The first kappa shape index (κ1) is 37.1. The number of nitrogens with zero attached hydrogens (tertiary/aromatic N) is 3. The number of urea groups is 1. The highest BCUT2D eigenvalue weighted by Gasteiger charge is 2.52. The van der Waals surface area contributed by atoms with Crippen molar-refractivity contribution in [2.75, 3.05) is 13.1 Å². The zero-order chi connectivity index (χ0) is 33.2. The van der Waals surface area contributed by atoms with Gasteiger partial charge in [-0.2, -0.15) is 0 Å². The second-order valence-electron chi connectivity index (χ2n) is 12.3. The zero-order valence-electron chi connectivity index (χ0n) is 27.8. The van der Waals surface area contributed by atoms with Crippen molar-refractivity contribution in [3.8, 4) is 0 Å². The summed E-state index contributed by atoms with van der Waals surface area (Å²) in [5.41, 5.74) is 7.61. The fourth-order valence-electron chi connectivity index (χ4n) is 3.79. The van der Waals surface area contributed by atoms with Gasteiger partial charge in [0.2, 0.25) is 6.08 Å². The fraction of sp³-hybridized carbons (Fsp3) is 0.600. The maximum Gasteiger partial charge on any atom is 0.496 e. The monoisotopic (exact) mass is 610 g/mol. The van der Waals surface area contributed by atoms with Gasteiger partial charge in [-0.3, -0.25) is 9.97 Å². The van der Waals surface area contributed by atoms with Crippen molar-refractivity contribution in [3.05, 3.63) is 48.0 Å². The number of nitrogens with two attached hydrogens (primary N) is 1. The zero-order valence-corrected chi connectivity index (χ0v) is 27.8. The highest BCUT2D eigenvalue weighted by atomic mass is 16.7. The van der Waals surface area contributed by atoms with Gasteiger partial charge in [0.25, 0.3) is 0 Å². The van der Waals surface area contributed by atoms with Gasteiger partial charge in [0.15, 0.2) is 0 Å². The van der Waals surface area contributed by atoms with Crippen LogP contribution in [0.3, 0.4) is 0 Å². The lowest BCUT2D eigenvalue weighted by molar-refractivity contribution is 0.00578. The molecule has 0 atom stereocenters. The van der Waals surface area contributed by atoms with Crippen LogP contribution in [0.5, 0.6) is 0 Å². The van der Waals surface area contributed by atoms with E-state index in [0.717, 1.165) is 22.3 Å². The number of isocyanates is 1. The molecule has 2 fully saturated rings. The van der Waals surface area contributed by atoms with Gasteiger partial charge in [0, 0.05) is 43.0 Å². The maximum absolute atomic E-state index is 11.3. The van der Waals surface area contributed by atoms with Gasteiger partial charge in [-0.1, -0.05) is 12.1 Å². The molecule has 2 saturated heterocycles. The predicted molar refractivity (Wildman–Crippen MR) is 172 cm³/mol.